The third-order valence-electron chi connectivity index (χ3n) is 4.79. The fourth-order valence-electron chi connectivity index (χ4n) is 3.40. The highest BCUT2D eigenvalue weighted by Gasteiger charge is 2.34. The van der Waals surface area contributed by atoms with Gasteiger partial charge in [-0.05, 0) is 31.0 Å². The molecule has 144 valence electrons. The maximum absolute atomic E-state index is 12.3. The van der Waals surface area contributed by atoms with E-state index in [4.69, 9.17) is 5.73 Å². The molecule has 0 bridgehead atoms. The van der Waals surface area contributed by atoms with Crippen LogP contribution >= 0.6 is 12.4 Å². The zero-order valence-corrected chi connectivity index (χ0v) is 16.0. The summed E-state index contributed by atoms with van der Waals surface area (Å²) in [5.41, 5.74) is 9.43. The van der Waals surface area contributed by atoms with Gasteiger partial charge in [0.2, 0.25) is 0 Å². The number of hydrogen-bond donors (Lipinski definition) is 2. The third-order valence-corrected chi connectivity index (χ3v) is 4.79. The number of fused-ring (bicyclic) bond motifs is 2. The zero-order chi connectivity index (χ0) is 18.8. The smallest absolute Gasteiger partial charge is 0.261 e. The second kappa shape index (κ2) is 8.27. The van der Waals surface area contributed by atoms with Crippen molar-refractivity contribution in [2.24, 2.45) is 0 Å². The fourth-order valence-corrected chi connectivity index (χ4v) is 3.40. The lowest BCUT2D eigenvalue weighted by Crippen LogP contribution is -2.30. The molecule has 1 aliphatic heterocycles. The summed E-state index contributed by atoms with van der Waals surface area (Å²) in [4.78, 5) is 30.4. The minimum absolute atomic E-state index is 0. The van der Waals surface area contributed by atoms with E-state index >= 15 is 0 Å². The van der Waals surface area contributed by atoms with Crippen molar-refractivity contribution in [2.75, 3.05) is 24.1 Å². The number of nitrogens with zero attached hydrogens (tertiary/aromatic N) is 2. The second-order valence-corrected chi connectivity index (χ2v) is 6.55. The van der Waals surface area contributed by atoms with Gasteiger partial charge in [-0.1, -0.05) is 30.3 Å². The Morgan fingerprint density at radius 3 is 2.29 bits per heavy atom. The van der Waals surface area contributed by atoms with Crippen LogP contribution in [-0.2, 0) is 0 Å². The fraction of sp³-hybridized carbons (Fsp3) is 0.190. The first-order chi connectivity index (χ1) is 13.2. The number of rotatable bonds is 6. The number of nitrogens with one attached hydrogen (secondary N) is 1. The molecule has 0 radical (unpaired) electrons. The average Bonchev–Trinajstić information content (AvgIpc) is 2.94. The van der Waals surface area contributed by atoms with Crippen molar-refractivity contribution in [3.63, 3.8) is 0 Å². The summed E-state index contributed by atoms with van der Waals surface area (Å²) < 4.78 is 0. The predicted octanol–water partition coefficient (Wildman–Crippen LogP) is 3.73. The van der Waals surface area contributed by atoms with Gasteiger partial charge in [-0.2, -0.15) is 0 Å². The van der Waals surface area contributed by atoms with Crippen molar-refractivity contribution in [1.29, 1.82) is 0 Å². The van der Waals surface area contributed by atoms with Crippen LogP contribution in [0.2, 0.25) is 0 Å². The van der Waals surface area contributed by atoms with Crippen LogP contribution in [-0.4, -0.2) is 34.8 Å². The van der Waals surface area contributed by atoms with Crippen LogP contribution < -0.4 is 11.1 Å². The molecule has 0 atom stereocenters. The molecular weight excluding hydrogens is 376 g/mol. The van der Waals surface area contributed by atoms with E-state index in [0.717, 1.165) is 29.4 Å². The number of carbonyl (C=O) groups is 2. The number of carbonyl (C=O) groups excluding carboxylic acids is 2. The first kappa shape index (κ1) is 19.6. The minimum Gasteiger partial charge on any atom is -0.396 e. The topological polar surface area (TPSA) is 88.3 Å². The summed E-state index contributed by atoms with van der Waals surface area (Å²) in [6.07, 6.45) is 3.19. The molecule has 28 heavy (non-hydrogen) atoms. The van der Waals surface area contributed by atoms with Gasteiger partial charge in [-0.15, -0.1) is 12.4 Å². The SMILES string of the molecule is Cl.Nc1cnc2ccccc2c1NCCCCN1C(=O)c2ccccc2C1=O. The molecule has 0 saturated carbocycles. The lowest BCUT2D eigenvalue weighted by molar-refractivity contribution is 0.0652. The largest absolute Gasteiger partial charge is 0.396 e. The second-order valence-electron chi connectivity index (χ2n) is 6.55. The van der Waals surface area contributed by atoms with Crippen LogP contribution in [0.25, 0.3) is 10.9 Å². The minimum atomic E-state index is -0.201. The first-order valence-electron chi connectivity index (χ1n) is 8.99. The molecule has 3 N–H and O–H groups in total. The Morgan fingerprint density at radius 1 is 0.929 bits per heavy atom. The van der Waals surface area contributed by atoms with Gasteiger partial charge in [0.25, 0.3) is 11.8 Å². The predicted molar refractivity (Wildman–Crippen MR) is 113 cm³/mol. The van der Waals surface area contributed by atoms with Crippen LogP contribution in [0, 0.1) is 0 Å². The van der Waals surface area contributed by atoms with Crippen LogP contribution in [0.5, 0.6) is 0 Å². The summed E-state index contributed by atoms with van der Waals surface area (Å²) in [5.74, 6) is -0.402. The molecule has 0 spiro atoms. The highest BCUT2D eigenvalue weighted by molar-refractivity contribution is 6.21. The molecule has 7 heteroatoms. The maximum Gasteiger partial charge on any atom is 0.261 e. The molecule has 0 unspecified atom stereocenters. The van der Waals surface area contributed by atoms with Crippen LogP contribution in [0.3, 0.4) is 0 Å². The van der Waals surface area contributed by atoms with Crippen LogP contribution in [0.15, 0.2) is 54.7 Å². The molecule has 2 aromatic carbocycles. The molecule has 1 aromatic heterocycles. The van der Waals surface area contributed by atoms with E-state index in [0.29, 0.717) is 29.9 Å². The average molecular weight is 397 g/mol. The van der Waals surface area contributed by atoms with E-state index in [9.17, 15) is 9.59 Å². The Bertz CT molecular complexity index is 1000. The lowest BCUT2D eigenvalue weighted by Gasteiger charge is -2.15. The van der Waals surface area contributed by atoms with Gasteiger partial charge < -0.3 is 11.1 Å². The summed E-state index contributed by atoms with van der Waals surface area (Å²) in [6.45, 7) is 1.11. The Hall–Kier alpha value is -3.12. The summed E-state index contributed by atoms with van der Waals surface area (Å²) >= 11 is 0. The number of halogens is 1. The first-order valence-corrected chi connectivity index (χ1v) is 8.99. The van der Waals surface area contributed by atoms with Gasteiger partial charge in [0.1, 0.15) is 0 Å². The molecule has 3 aromatic rings. The van der Waals surface area contributed by atoms with Crippen molar-refractivity contribution < 1.29 is 9.59 Å². The zero-order valence-electron chi connectivity index (χ0n) is 15.2. The number of nitrogens with two attached hydrogens (primary N) is 1. The van der Waals surface area contributed by atoms with Gasteiger partial charge in [0, 0.05) is 18.5 Å². The van der Waals surface area contributed by atoms with Crippen LogP contribution in [0.1, 0.15) is 33.6 Å². The Kier molecular flexibility index (Phi) is 5.80. The Labute approximate surface area is 169 Å². The van der Waals surface area contributed by atoms with Gasteiger partial charge >= 0.3 is 0 Å². The third kappa shape index (κ3) is 3.51. The number of benzene rings is 2. The number of hydrogen-bond acceptors (Lipinski definition) is 5. The maximum atomic E-state index is 12.3. The standard InChI is InChI=1S/C21H20N4O2.ClH/c22-17-13-24-18-10-4-3-9-16(18)19(17)23-11-5-6-12-25-20(26)14-7-1-2-8-15(14)21(25)27;/h1-4,7-10,13H,5-6,11-12,22H2,(H,23,24);1H. The number of amides is 2. The Morgan fingerprint density at radius 2 is 1.57 bits per heavy atom. The number of nitrogen functional groups attached to an aromatic ring is 1. The van der Waals surface area contributed by atoms with Crippen molar-refractivity contribution in [1.82, 2.24) is 9.88 Å². The molecule has 6 nitrogen and oxygen atoms in total. The molecule has 0 saturated heterocycles. The molecule has 0 fully saturated rings. The van der Waals surface area contributed by atoms with Gasteiger partial charge in [-0.25, -0.2) is 0 Å². The molecule has 0 aliphatic carbocycles. The van der Waals surface area contributed by atoms with Crippen molar-refractivity contribution in [3.8, 4) is 0 Å². The van der Waals surface area contributed by atoms with Gasteiger partial charge in [0.05, 0.1) is 34.2 Å². The number of imide groups is 1. The summed E-state index contributed by atoms with van der Waals surface area (Å²) in [7, 11) is 0. The van der Waals surface area contributed by atoms with E-state index in [1.165, 1.54) is 4.90 Å². The normalized spacial score (nSPS) is 12.8. The number of para-hydroxylation sites is 1. The summed E-state index contributed by atoms with van der Waals surface area (Å²) in [6, 6.07) is 14.8. The monoisotopic (exact) mass is 396 g/mol. The van der Waals surface area contributed by atoms with Crippen molar-refractivity contribution in [2.45, 2.75) is 12.8 Å². The van der Waals surface area contributed by atoms with Gasteiger partial charge in [-0.3, -0.25) is 19.5 Å². The number of pyridine rings is 1. The molecule has 1 aliphatic rings. The van der Waals surface area contributed by atoms with E-state index < -0.39 is 0 Å². The van der Waals surface area contributed by atoms with E-state index in [-0.39, 0.29) is 24.2 Å². The quantitative estimate of drug-likeness (QED) is 0.489. The van der Waals surface area contributed by atoms with Crippen molar-refractivity contribution >= 4 is 46.5 Å². The highest BCUT2D eigenvalue weighted by Crippen LogP contribution is 2.27. The van der Waals surface area contributed by atoms with E-state index in [2.05, 4.69) is 10.3 Å². The van der Waals surface area contributed by atoms with E-state index in [1.54, 1.807) is 30.5 Å². The lowest BCUT2D eigenvalue weighted by atomic mass is 10.1. The molecular formula is C21H21ClN4O2. The number of unbranched alkanes of at least 4 members (excludes halogenated alkanes) is 1. The molecule has 2 amide bonds. The number of anilines is 2. The van der Waals surface area contributed by atoms with Crippen LogP contribution in [0.4, 0.5) is 11.4 Å². The molecule has 4 rings (SSSR count). The summed E-state index contributed by atoms with van der Waals surface area (Å²) in [5, 5.41) is 4.35. The Balaban J connectivity index is 0.00000225. The van der Waals surface area contributed by atoms with Gasteiger partial charge in [0.15, 0.2) is 0 Å². The number of aromatic nitrogens is 1. The van der Waals surface area contributed by atoms with Crippen molar-refractivity contribution in [3.05, 3.63) is 65.9 Å². The van der Waals surface area contributed by atoms with E-state index in [1.807, 2.05) is 24.3 Å². The highest BCUT2D eigenvalue weighted by atomic mass is 35.5. The molecule has 2 heterocycles.